The van der Waals surface area contributed by atoms with Crippen molar-refractivity contribution in [1.29, 1.82) is 0 Å². The van der Waals surface area contributed by atoms with Gasteiger partial charge in [0.1, 0.15) is 0 Å². The Balaban J connectivity index is 1.57. The summed E-state index contributed by atoms with van der Waals surface area (Å²) in [5.41, 5.74) is 0. The third kappa shape index (κ3) is 3.29. The Morgan fingerprint density at radius 3 is 2.86 bits per heavy atom. The highest BCUT2D eigenvalue weighted by Crippen LogP contribution is 2.20. The van der Waals surface area contributed by atoms with E-state index in [0.29, 0.717) is 6.04 Å². The summed E-state index contributed by atoms with van der Waals surface area (Å²) in [5, 5.41) is 6.41. The van der Waals surface area contributed by atoms with Gasteiger partial charge in [-0.3, -0.25) is 4.79 Å². The van der Waals surface area contributed by atoms with E-state index in [0.717, 1.165) is 31.8 Å². The smallest absolute Gasteiger partial charge is 0.220 e. The van der Waals surface area contributed by atoms with Gasteiger partial charge in [0.05, 0.1) is 0 Å². The van der Waals surface area contributed by atoms with Crippen LogP contribution in [0.3, 0.4) is 0 Å². The van der Waals surface area contributed by atoms with Gasteiger partial charge in [-0.2, -0.15) is 0 Å². The summed E-state index contributed by atoms with van der Waals surface area (Å²) >= 11 is 0. The molecule has 1 aliphatic heterocycles. The summed E-state index contributed by atoms with van der Waals surface area (Å²) in [5.74, 6) is 0.992. The lowest BCUT2D eigenvalue weighted by Gasteiger charge is -2.22. The molecule has 0 aromatic rings. The summed E-state index contributed by atoms with van der Waals surface area (Å²) in [6, 6.07) is 0.520. The van der Waals surface area contributed by atoms with E-state index in [1.807, 2.05) is 0 Å². The fourth-order valence-electron chi connectivity index (χ4n) is 2.03. The maximum Gasteiger partial charge on any atom is 0.220 e. The summed E-state index contributed by atoms with van der Waals surface area (Å²) < 4.78 is 0. The second-order valence-corrected chi connectivity index (χ2v) is 4.59. The molecule has 3 nitrogen and oxygen atoms in total. The molecule has 0 aromatic heterocycles. The molecule has 1 heterocycles. The summed E-state index contributed by atoms with van der Waals surface area (Å²) in [6.07, 6.45) is 6.74. The molecule has 0 aromatic carbocycles. The molecule has 1 saturated heterocycles. The van der Waals surface area contributed by atoms with Crippen LogP contribution in [0, 0.1) is 5.92 Å². The number of carbonyl (C=O) groups is 1. The van der Waals surface area contributed by atoms with E-state index in [4.69, 9.17) is 0 Å². The monoisotopic (exact) mass is 196 g/mol. The molecule has 0 radical (unpaired) electrons. The average Bonchev–Trinajstić information content (AvgIpc) is 3.00. The zero-order valence-electron chi connectivity index (χ0n) is 8.72. The van der Waals surface area contributed by atoms with E-state index in [2.05, 4.69) is 10.6 Å². The van der Waals surface area contributed by atoms with Gasteiger partial charge < -0.3 is 10.6 Å². The summed E-state index contributed by atoms with van der Waals surface area (Å²) in [6.45, 7) is 2.27. The topological polar surface area (TPSA) is 41.1 Å². The van der Waals surface area contributed by atoms with Crippen LogP contribution in [0.1, 0.15) is 38.5 Å². The SMILES string of the molecule is O=C(CC[C@H]1CCCNC1)NC1CC1. The molecule has 80 valence electrons. The van der Waals surface area contributed by atoms with Crippen LogP contribution >= 0.6 is 0 Å². The molecule has 1 atom stereocenters. The second kappa shape index (κ2) is 4.78. The predicted octanol–water partition coefficient (Wildman–Crippen LogP) is 1.04. The maximum atomic E-state index is 11.4. The van der Waals surface area contributed by atoms with Crippen molar-refractivity contribution in [2.75, 3.05) is 13.1 Å². The summed E-state index contributed by atoms with van der Waals surface area (Å²) in [4.78, 5) is 11.4. The minimum Gasteiger partial charge on any atom is -0.353 e. The van der Waals surface area contributed by atoms with Crippen molar-refractivity contribution in [1.82, 2.24) is 10.6 Å². The molecule has 2 fully saturated rings. The highest BCUT2D eigenvalue weighted by molar-refractivity contribution is 5.76. The number of piperidine rings is 1. The van der Waals surface area contributed by atoms with Gasteiger partial charge >= 0.3 is 0 Å². The van der Waals surface area contributed by atoms with Crippen LogP contribution in [-0.4, -0.2) is 25.0 Å². The van der Waals surface area contributed by atoms with Crippen molar-refractivity contribution in [3.05, 3.63) is 0 Å². The lowest BCUT2D eigenvalue weighted by Crippen LogP contribution is -2.31. The molecule has 1 aliphatic carbocycles. The lowest BCUT2D eigenvalue weighted by atomic mass is 9.94. The van der Waals surface area contributed by atoms with Crippen molar-refractivity contribution in [3.8, 4) is 0 Å². The second-order valence-electron chi connectivity index (χ2n) is 4.59. The van der Waals surface area contributed by atoms with Crippen LogP contribution in [-0.2, 0) is 4.79 Å². The van der Waals surface area contributed by atoms with Gasteiger partial charge in [0.15, 0.2) is 0 Å². The quantitative estimate of drug-likeness (QED) is 0.705. The van der Waals surface area contributed by atoms with Gasteiger partial charge in [0.25, 0.3) is 0 Å². The first-order valence-electron chi connectivity index (χ1n) is 5.84. The minimum absolute atomic E-state index is 0.262. The molecular formula is C11H20N2O. The molecular weight excluding hydrogens is 176 g/mol. The molecule has 2 aliphatic rings. The molecule has 0 bridgehead atoms. The molecule has 0 spiro atoms. The predicted molar refractivity (Wildman–Crippen MR) is 56.0 cm³/mol. The van der Waals surface area contributed by atoms with Crippen LogP contribution in [0.5, 0.6) is 0 Å². The Morgan fingerprint density at radius 2 is 2.21 bits per heavy atom. The zero-order chi connectivity index (χ0) is 9.80. The van der Waals surface area contributed by atoms with E-state index in [1.54, 1.807) is 0 Å². The third-order valence-corrected chi connectivity index (χ3v) is 3.12. The molecule has 3 heteroatoms. The van der Waals surface area contributed by atoms with Gasteiger partial charge in [-0.05, 0) is 51.1 Å². The number of carbonyl (C=O) groups excluding carboxylic acids is 1. The van der Waals surface area contributed by atoms with E-state index in [9.17, 15) is 4.79 Å². The number of hydrogen-bond acceptors (Lipinski definition) is 2. The van der Waals surface area contributed by atoms with Crippen molar-refractivity contribution in [3.63, 3.8) is 0 Å². The molecule has 1 saturated carbocycles. The number of rotatable bonds is 4. The van der Waals surface area contributed by atoms with Gasteiger partial charge in [-0.1, -0.05) is 0 Å². The molecule has 2 rings (SSSR count). The average molecular weight is 196 g/mol. The zero-order valence-corrected chi connectivity index (χ0v) is 8.72. The number of nitrogens with one attached hydrogen (secondary N) is 2. The van der Waals surface area contributed by atoms with E-state index >= 15 is 0 Å². The Bertz CT molecular complexity index is 195. The van der Waals surface area contributed by atoms with Gasteiger partial charge in [0, 0.05) is 12.5 Å². The van der Waals surface area contributed by atoms with Gasteiger partial charge in [-0.25, -0.2) is 0 Å². The van der Waals surface area contributed by atoms with Crippen molar-refractivity contribution < 1.29 is 4.79 Å². The van der Waals surface area contributed by atoms with Crippen molar-refractivity contribution in [2.45, 2.75) is 44.6 Å². The molecule has 14 heavy (non-hydrogen) atoms. The van der Waals surface area contributed by atoms with E-state index in [1.165, 1.54) is 25.7 Å². The van der Waals surface area contributed by atoms with Crippen LogP contribution in [0.2, 0.25) is 0 Å². The van der Waals surface area contributed by atoms with Crippen LogP contribution in [0.15, 0.2) is 0 Å². The fraction of sp³-hybridized carbons (Fsp3) is 0.909. The minimum atomic E-state index is 0.262. The highest BCUT2D eigenvalue weighted by Gasteiger charge is 2.23. The number of amides is 1. The first-order chi connectivity index (χ1) is 6.84. The third-order valence-electron chi connectivity index (χ3n) is 3.12. The highest BCUT2D eigenvalue weighted by atomic mass is 16.1. The van der Waals surface area contributed by atoms with Crippen LogP contribution in [0.25, 0.3) is 0 Å². The van der Waals surface area contributed by atoms with Crippen LogP contribution < -0.4 is 10.6 Å². The standard InChI is InChI=1S/C11H20N2O/c14-11(13-10-4-5-10)6-3-9-2-1-7-12-8-9/h9-10,12H,1-8H2,(H,13,14)/t9-/m1/s1. The normalized spacial score (nSPS) is 27.3. The Hall–Kier alpha value is -0.570. The van der Waals surface area contributed by atoms with Crippen molar-refractivity contribution >= 4 is 5.91 Å². The molecule has 1 amide bonds. The summed E-state index contributed by atoms with van der Waals surface area (Å²) in [7, 11) is 0. The Labute approximate surface area is 85.6 Å². The van der Waals surface area contributed by atoms with Crippen molar-refractivity contribution in [2.24, 2.45) is 5.92 Å². The fourth-order valence-corrected chi connectivity index (χ4v) is 2.03. The molecule has 0 unspecified atom stereocenters. The first-order valence-corrected chi connectivity index (χ1v) is 5.84. The lowest BCUT2D eigenvalue weighted by molar-refractivity contribution is -0.121. The van der Waals surface area contributed by atoms with Gasteiger partial charge in [-0.15, -0.1) is 0 Å². The van der Waals surface area contributed by atoms with Gasteiger partial charge in [0.2, 0.25) is 5.91 Å². The molecule has 2 N–H and O–H groups in total. The van der Waals surface area contributed by atoms with E-state index in [-0.39, 0.29) is 5.91 Å². The van der Waals surface area contributed by atoms with Crippen LogP contribution in [0.4, 0.5) is 0 Å². The Kier molecular flexibility index (Phi) is 3.40. The Morgan fingerprint density at radius 1 is 1.36 bits per heavy atom. The first kappa shape index (κ1) is 9.97. The largest absolute Gasteiger partial charge is 0.353 e. The van der Waals surface area contributed by atoms with E-state index < -0.39 is 0 Å². The maximum absolute atomic E-state index is 11.4. The number of hydrogen-bond donors (Lipinski definition) is 2.